The van der Waals surface area contributed by atoms with E-state index in [1.807, 2.05) is 0 Å². The van der Waals surface area contributed by atoms with Crippen LogP contribution in [0.25, 0.3) is 0 Å². The van der Waals surface area contributed by atoms with Crippen molar-refractivity contribution in [1.29, 1.82) is 0 Å². The number of carbonyl (C=O) groups excluding carboxylic acids is 3. The molecule has 10 nitrogen and oxygen atoms in total. The molecule has 2 amide bonds. The van der Waals surface area contributed by atoms with E-state index in [1.165, 1.54) is 39.3 Å². The lowest BCUT2D eigenvalue weighted by atomic mass is 9.60. The number of anilines is 2. The van der Waals surface area contributed by atoms with Crippen LogP contribution in [0.1, 0.15) is 35.2 Å². The minimum Gasteiger partial charge on any atom is -0.495 e. The Morgan fingerprint density at radius 3 is 1.88 bits per heavy atom. The highest BCUT2D eigenvalue weighted by Crippen LogP contribution is 2.48. The lowest BCUT2D eigenvalue weighted by molar-refractivity contribution is -0.150. The number of ketones is 1. The first-order valence-electron chi connectivity index (χ1n) is 12.5. The molecule has 1 fully saturated rings. The maximum Gasteiger partial charge on any atom is 0.335 e. The fourth-order valence-corrected chi connectivity index (χ4v) is 5.37. The molecular formula is C30H30N2O8. The van der Waals surface area contributed by atoms with E-state index < -0.39 is 53.3 Å². The Hall–Kier alpha value is -4.70. The van der Waals surface area contributed by atoms with Crippen LogP contribution < -0.4 is 20.1 Å². The summed E-state index contributed by atoms with van der Waals surface area (Å²) in [5, 5.41) is 26.9. The van der Waals surface area contributed by atoms with Gasteiger partial charge in [0.1, 0.15) is 23.2 Å². The Morgan fingerprint density at radius 2 is 1.32 bits per heavy atom. The molecule has 0 radical (unpaired) electrons. The first kappa shape index (κ1) is 28.3. The van der Waals surface area contributed by atoms with Gasteiger partial charge < -0.3 is 30.3 Å². The molecule has 4 atom stereocenters. The molecule has 0 spiro atoms. The quantitative estimate of drug-likeness (QED) is 0.312. The van der Waals surface area contributed by atoms with Crippen molar-refractivity contribution in [3.8, 4) is 11.5 Å². The van der Waals surface area contributed by atoms with E-state index in [4.69, 9.17) is 9.47 Å². The molecule has 4 rings (SSSR count). The van der Waals surface area contributed by atoms with Gasteiger partial charge in [-0.3, -0.25) is 14.4 Å². The predicted molar refractivity (Wildman–Crippen MR) is 147 cm³/mol. The van der Waals surface area contributed by atoms with E-state index in [1.54, 1.807) is 54.6 Å². The highest BCUT2D eigenvalue weighted by Gasteiger charge is 2.56. The second kappa shape index (κ2) is 11.6. The van der Waals surface area contributed by atoms with Gasteiger partial charge >= 0.3 is 5.97 Å². The summed E-state index contributed by atoms with van der Waals surface area (Å²) >= 11 is 0. The normalized spacial score (nSPS) is 22.2. The van der Waals surface area contributed by atoms with E-state index in [2.05, 4.69) is 10.6 Å². The summed E-state index contributed by atoms with van der Waals surface area (Å²) in [4.78, 5) is 53.5. The molecule has 3 aromatic rings. The summed E-state index contributed by atoms with van der Waals surface area (Å²) in [5.74, 6) is -6.93. The molecule has 208 valence electrons. The van der Waals surface area contributed by atoms with Crippen LogP contribution in [-0.4, -0.2) is 53.6 Å². The van der Waals surface area contributed by atoms with Crippen LogP contribution >= 0.6 is 0 Å². The Morgan fingerprint density at radius 1 is 0.825 bits per heavy atom. The molecule has 0 bridgehead atoms. The number of carbonyl (C=O) groups is 4. The van der Waals surface area contributed by atoms with Crippen molar-refractivity contribution in [1.82, 2.24) is 0 Å². The summed E-state index contributed by atoms with van der Waals surface area (Å²) in [6.45, 7) is 1.34. The van der Waals surface area contributed by atoms with E-state index in [0.29, 0.717) is 22.9 Å². The minimum atomic E-state index is -1.92. The Kier molecular flexibility index (Phi) is 8.20. The lowest BCUT2D eigenvalue weighted by Gasteiger charge is -2.44. The summed E-state index contributed by atoms with van der Waals surface area (Å²) < 4.78 is 10.6. The van der Waals surface area contributed by atoms with E-state index in [0.717, 1.165) is 0 Å². The van der Waals surface area contributed by atoms with Gasteiger partial charge in [0.05, 0.1) is 42.7 Å². The SMILES string of the molecule is COc1ccccc1NC(=O)C1C(=O)CC(C)(O)C(C(=O)Nc2ccccc2OC)C1c1ccccc1C(=O)O. The van der Waals surface area contributed by atoms with Gasteiger partial charge in [-0.05, 0) is 42.8 Å². The second-order valence-electron chi connectivity index (χ2n) is 9.75. The predicted octanol–water partition coefficient (Wildman–Crippen LogP) is 3.72. The molecule has 4 N–H and O–H groups in total. The molecule has 4 unspecified atom stereocenters. The molecule has 1 aliphatic rings. The molecule has 3 aromatic carbocycles. The number of carboxylic acids is 1. The Balaban J connectivity index is 1.85. The van der Waals surface area contributed by atoms with Crippen molar-refractivity contribution in [2.45, 2.75) is 24.9 Å². The van der Waals surface area contributed by atoms with Crippen LogP contribution in [0.5, 0.6) is 11.5 Å². The first-order valence-corrected chi connectivity index (χ1v) is 12.5. The first-order chi connectivity index (χ1) is 19.1. The topological polar surface area (TPSA) is 151 Å². The third-order valence-corrected chi connectivity index (χ3v) is 7.11. The molecule has 1 saturated carbocycles. The van der Waals surface area contributed by atoms with Crippen molar-refractivity contribution in [2.75, 3.05) is 24.9 Å². The fourth-order valence-electron chi connectivity index (χ4n) is 5.37. The molecule has 0 saturated heterocycles. The van der Waals surface area contributed by atoms with Crippen molar-refractivity contribution in [3.63, 3.8) is 0 Å². The number of amides is 2. The number of aliphatic hydroxyl groups is 1. The van der Waals surface area contributed by atoms with Gasteiger partial charge in [0.25, 0.3) is 0 Å². The van der Waals surface area contributed by atoms with Crippen LogP contribution in [0.3, 0.4) is 0 Å². The fraction of sp³-hybridized carbons (Fsp3) is 0.267. The zero-order chi connectivity index (χ0) is 29.0. The third kappa shape index (κ3) is 5.52. The number of ether oxygens (including phenoxy) is 2. The number of carboxylic acid groups (broad SMARTS) is 1. The van der Waals surface area contributed by atoms with Crippen LogP contribution in [0.2, 0.25) is 0 Å². The lowest BCUT2D eigenvalue weighted by Crippen LogP contribution is -2.56. The Bertz CT molecular complexity index is 1450. The van der Waals surface area contributed by atoms with Crippen LogP contribution in [-0.2, 0) is 14.4 Å². The number of benzene rings is 3. The molecule has 1 aliphatic carbocycles. The number of methoxy groups -OCH3 is 2. The molecule has 40 heavy (non-hydrogen) atoms. The monoisotopic (exact) mass is 546 g/mol. The zero-order valence-electron chi connectivity index (χ0n) is 22.2. The average molecular weight is 547 g/mol. The number of nitrogens with one attached hydrogen (secondary N) is 2. The van der Waals surface area contributed by atoms with Gasteiger partial charge in [0.15, 0.2) is 0 Å². The van der Waals surface area contributed by atoms with Crippen molar-refractivity contribution in [2.24, 2.45) is 11.8 Å². The van der Waals surface area contributed by atoms with Crippen molar-refractivity contribution >= 4 is 34.9 Å². The maximum atomic E-state index is 13.9. The van der Waals surface area contributed by atoms with Gasteiger partial charge in [0.2, 0.25) is 11.8 Å². The summed E-state index contributed by atoms with van der Waals surface area (Å²) in [6, 6.07) is 19.1. The minimum absolute atomic E-state index is 0.0729. The Labute approximate surface area is 230 Å². The average Bonchev–Trinajstić information content (AvgIpc) is 2.92. The zero-order valence-corrected chi connectivity index (χ0v) is 22.2. The van der Waals surface area contributed by atoms with Crippen molar-refractivity contribution < 1.29 is 38.9 Å². The van der Waals surface area contributed by atoms with E-state index in [-0.39, 0.29) is 11.1 Å². The largest absolute Gasteiger partial charge is 0.495 e. The smallest absolute Gasteiger partial charge is 0.335 e. The summed E-state index contributed by atoms with van der Waals surface area (Å²) in [7, 11) is 2.86. The number of hydrogen-bond acceptors (Lipinski definition) is 7. The highest BCUT2D eigenvalue weighted by atomic mass is 16.5. The third-order valence-electron chi connectivity index (χ3n) is 7.11. The number of Topliss-reactive ketones (excluding diaryl/α,β-unsaturated/α-hetero) is 1. The summed E-state index contributed by atoms with van der Waals surface area (Å²) in [5.41, 5.74) is -1.43. The van der Waals surface area contributed by atoms with Gasteiger partial charge in [-0.15, -0.1) is 0 Å². The molecule has 10 heteroatoms. The summed E-state index contributed by atoms with van der Waals surface area (Å²) in [6.07, 6.45) is -0.507. The standard InChI is InChI=1S/C30H30N2O8/c1-30(38)16-21(33)25(27(34)31-19-12-6-8-14-22(19)39-2)24(17-10-4-5-11-18(17)29(36)37)26(30)28(35)32-20-13-7-9-15-23(20)40-3/h4-15,24-26,38H,16H2,1-3H3,(H,31,34)(H,32,35)(H,36,37). The molecule has 0 heterocycles. The van der Waals surface area contributed by atoms with Gasteiger partial charge in [0, 0.05) is 12.3 Å². The van der Waals surface area contributed by atoms with Crippen molar-refractivity contribution in [3.05, 3.63) is 83.9 Å². The molecule has 0 aliphatic heterocycles. The van der Waals surface area contributed by atoms with Gasteiger partial charge in [-0.1, -0.05) is 42.5 Å². The molecular weight excluding hydrogens is 516 g/mol. The number of para-hydroxylation sites is 4. The number of rotatable bonds is 8. The highest BCUT2D eigenvalue weighted by molar-refractivity contribution is 6.11. The number of aromatic carboxylic acids is 1. The number of hydrogen-bond donors (Lipinski definition) is 4. The van der Waals surface area contributed by atoms with Crippen LogP contribution in [0.15, 0.2) is 72.8 Å². The second-order valence-corrected chi connectivity index (χ2v) is 9.75. The molecule has 0 aromatic heterocycles. The van der Waals surface area contributed by atoms with E-state index >= 15 is 0 Å². The van der Waals surface area contributed by atoms with Crippen LogP contribution in [0.4, 0.5) is 11.4 Å². The van der Waals surface area contributed by atoms with Gasteiger partial charge in [-0.25, -0.2) is 4.79 Å². The van der Waals surface area contributed by atoms with E-state index in [9.17, 15) is 29.4 Å². The van der Waals surface area contributed by atoms with Gasteiger partial charge in [-0.2, -0.15) is 0 Å². The maximum absolute atomic E-state index is 13.9. The van der Waals surface area contributed by atoms with Crippen LogP contribution in [0, 0.1) is 11.8 Å².